The van der Waals surface area contributed by atoms with Crippen LogP contribution in [0.2, 0.25) is 0 Å². The van der Waals surface area contributed by atoms with Gasteiger partial charge in [0.05, 0.1) is 28.0 Å². The monoisotopic (exact) mass is 405 g/mol. The van der Waals surface area contributed by atoms with Crippen molar-refractivity contribution in [2.24, 2.45) is 0 Å². The molecule has 7 nitrogen and oxygen atoms in total. The average Bonchev–Trinajstić information content (AvgIpc) is 3.20. The van der Waals surface area contributed by atoms with Gasteiger partial charge in [0, 0.05) is 25.4 Å². The molecule has 0 radical (unpaired) electrons. The topological polar surface area (TPSA) is 90.3 Å². The van der Waals surface area contributed by atoms with Gasteiger partial charge < -0.3 is 10.1 Å². The number of hydrogen-bond acceptors (Lipinski definition) is 5. The second-order valence-corrected chi connectivity index (χ2v) is 9.57. The Morgan fingerprint density at radius 3 is 2.75 bits per heavy atom. The first-order chi connectivity index (χ1) is 13.4. The van der Waals surface area contributed by atoms with Crippen molar-refractivity contribution in [3.8, 4) is 0 Å². The zero-order chi connectivity index (χ0) is 20.1. The van der Waals surface area contributed by atoms with Crippen molar-refractivity contribution in [2.75, 3.05) is 13.2 Å². The van der Waals surface area contributed by atoms with E-state index in [4.69, 9.17) is 4.74 Å². The van der Waals surface area contributed by atoms with E-state index in [1.54, 1.807) is 47.4 Å². The average molecular weight is 406 g/mol. The van der Waals surface area contributed by atoms with Crippen molar-refractivity contribution in [2.45, 2.75) is 55.4 Å². The maximum absolute atomic E-state index is 12.8. The van der Waals surface area contributed by atoms with Crippen LogP contribution < -0.4 is 5.32 Å². The summed E-state index contributed by atoms with van der Waals surface area (Å²) in [5.74, 6) is -0.184. The molecular formula is C20H27N3O4S. The van der Waals surface area contributed by atoms with Crippen molar-refractivity contribution >= 4 is 15.7 Å². The van der Waals surface area contributed by atoms with Crippen molar-refractivity contribution < 1.29 is 17.9 Å². The normalized spacial score (nSPS) is 20.2. The summed E-state index contributed by atoms with van der Waals surface area (Å²) in [4.78, 5) is 12.6. The lowest BCUT2D eigenvalue weighted by molar-refractivity contribution is 0.0132. The molecule has 2 heterocycles. The fraction of sp³-hybridized carbons (Fsp3) is 0.500. The minimum absolute atomic E-state index is 0.184. The summed E-state index contributed by atoms with van der Waals surface area (Å²) in [6.45, 7) is 4.83. The molecule has 0 spiro atoms. The number of nitrogens with one attached hydrogen (secondary N) is 1. The number of rotatable bonds is 7. The molecule has 28 heavy (non-hydrogen) atoms. The molecule has 1 aliphatic heterocycles. The van der Waals surface area contributed by atoms with Crippen LogP contribution >= 0.6 is 0 Å². The number of aromatic nitrogens is 2. The summed E-state index contributed by atoms with van der Waals surface area (Å²) in [5, 5.41) is 6.58. The van der Waals surface area contributed by atoms with Gasteiger partial charge in [-0.3, -0.25) is 9.48 Å². The van der Waals surface area contributed by atoms with E-state index < -0.39 is 15.1 Å². The van der Waals surface area contributed by atoms with Gasteiger partial charge in [-0.15, -0.1) is 0 Å². The number of carbonyl (C=O) groups is 1. The molecule has 8 heteroatoms. The predicted octanol–water partition coefficient (Wildman–Crippen LogP) is 2.61. The SMILES string of the molecule is CC(C)n1cc(C(=O)NCC[C@@H]2C[C@@H](S(=O)(=O)c3ccccc3)CCO2)cn1. The van der Waals surface area contributed by atoms with Gasteiger partial charge in [-0.05, 0) is 45.2 Å². The van der Waals surface area contributed by atoms with E-state index in [9.17, 15) is 13.2 Å². The lowest BCUT2D eigenvalue weighted by Crippen LogP contribution is -2.36. The highest BCUT2D eigenvalue weighted by Gasteiger charge is 2.33. The summed E-state index contributed by atoms with van der Waals surface area (Å²) in [6.07, 6.45) is 4.60. The smallest absolute Gasteiger partial charge is 0.254 e. The molecule has 0 saturated carbocycles. The molecule has 1 aliphatic rings. The van der Waals surface area contributed by atoms with Crippen molar-refractivity contribution in [1.82, 2.24) is 15.1 Å². The molecule has 1 saturated heterocycles. The van der Waals surface area contributed by atoms with E-state index in [1.807, 2.05) is 13.8 Å². The van der Waals surface area contributed by atoms with E-state index in [2.05, 4.69) is 10.4 Å². The number of hydrogen-bond donors (Lipinski definition) is 1. The van der Waals surface area contributed by atoms with Crippen LogP contribution in [0.4, 0.5) is 0 Å². The molecule has 1 aromatic heterocycles. The van der Waals surface area contributed by atoms with E-state index in [1.165, 1.54) is 0 Å². The Hall–Kier alpha value is -2.19. The zero-order valence-electron chi connectivity index (χ0n) is 16.2. The first-order valence-corrected chi connectivity index (χ1v) is 11.2. The van der Waals surface area contributed by atoms with E-state index in [-0.39, 0.29) is 18.1 Å². The van der Waals surface area contributed by atoms with Gasteiger partial charge in [0.25, 0.3) is 5.91 Å². The molecular weight excluding hydrogens is 378 g/mol. The van der Waals surface area contributed by atoms with E-state index in [0.717, 1.165) is 0 Å². The Morgan fingerprint density at radius 1 is 1.32 bits per heavy atom. The van der Waals surface area contributed by atoms with Crippen LogP contribution in [0, 0.1) is 0 Å². The molecule has 2 atom stereocenters. The lowest BCUT2D eigenvalue weighted by atomic mass is 10.1. The minimum Gasteiger partial charge on any atom is -0.378 e. The molecule has 1 aromatic carbocycles. The lowest BCUT2D eigenvalue weighted by Gasteiger charge is -2.29. The van der Waals surface area contributed by atoms with Crippen molar-refractivity contribution in [3.05, 3.63) is 48.3 Å². The van der Waals surface area contributed by atoms with Gasteiger partial charge >= 0.3 is 0 Å². The third-order valence-electron chi connectivity index (χ3n) is 4.97. The molecule has 152 valence electrons. The second kappa shape index (κ2) is 8.87. The molecule has 0 aliphatic carbocycles. The second-order valence-electron chi connectivity index (χ2n) is 7.34. The van der Waals surface area contributed by atoms with Crippen LogP contribution in [-0.2, 0) is 14.6 Å². The quantitative estimate of drug-likeness (QED) is 0.765. The first kappa shape index (κ1) is 20.5. The molecule has 3 rings (SSSR count). The van der Waals surface area contributed by atoms with Gasteiger partial charge in [0.2, 0.25) is 0 Å². The number of ether oxygens (including phenoxy) is 1. The van der Waals surface area contributed by atoms with Gasteiger partial charge in [-0.2, -0.15) is 5.10 Å². The Labute approximate surface area is 166 Å². The maximum atomic E-state index is 12.8. The van der Waals surface area contributed by atoms with Crippen LogP contribution in [0.5, 0.6) is 0 Å². The zero-order valence-corrected chi connectivity index (χ0v) is 17.1. The first-order valence-electron chi connectivity index (χ1n) is 9.61. The Kier molecular flexibility index (Phi) is 6.51. The number of carbonyl (C=O) groups excluding carboxylic acids is 1. The van der Waals surface area contributed by atoms with Crippen LogP contribution in [-0.4, -0.2) is 48.6 Å². The van der Waals surface area contributed by atoms with Crippen molar-refractivity contribution in [3.63, 3.8) is 0 Å². The summed E-state index contributed by atoms with van der Waals surface area (Å²) in [7, 11) is -3.36. The van der Waals surface area contributed by atoms with Gasteiger partial charge in [0.1, 0.15) is 0 Å². The van der Waals surface area contributed by atoms with Crippen LogP contribution in [0.15, 0.2) is 47.6 Å². The number of amides is 1. The van der Waals surface area contributed by atoms with E-state index >= 15 is 0 Å². The third kappa shape index (κ3) is 4.80. The van der Waals surface area contributed by atoms with Gasteiger partial charge in [-0.25, -0.2) is 8.42 Å². The number of sulfone groups is 1. The maximum Gasteiger partial charge on any atom is 0.254 e. The van der Waals surface area contributed by atoms with E-state index in [0.29, 0.717) is 42.9 Å². The summed E-state index contributed by atoms with van der Waals surface area (Å²) >= 11 is 0. The summed E-state index contributed by atoms with van der Waals surface area (Å²) < 4.78 is 33.1. The Bertz CT molecular complexity index is 893. The summed E-state index contributed by atoms with van der Waals surface area (Å²) in [5.41, 5.74) is 0.516. The highest BCUT2D eigenvalue weighted by molar-refractivity contribution is 7.92. The highest BCUT2D eigenvalue weighted by Crippen LogP contribution is 2.27. The third-order valence-corrected chi connectivity index (χ3v) is 7.21. The van der Waals surface area contributed by atoms with Crippen molar-refractivity contribution in [1.29, 1.82) is 0 Å². The number of benzene rings is 1. The van der Waals surface area contributed by atoms with Crippen LogP contribution in [0.3, 0.4) is 0 Å². The van der Waals surface area contributed by atoms with Gasteiger partial charge in [0.15, 0.2) is 9.84 Å². The van der Waals surface area contributed by atoms with Crippen LogP contribution in [0.25, 0.3) is 0 Å². The number of nitrogens with zero attached hydrogens (tertiary/aromatic N) is 2. The molecule has 1 N–H and O–H groups in total. The Balaban J connectivity index is 1.52. The molecule has 0 bridgehead atoms. The van der Waals surface area contributed by atoms with Crippen LogP contribution in [0.1, 0.15) is 49.5 Å². The highest BCUT2D eigenvalue weighted by atomic mass is 32.2. The molecule has 2 aromatic rings. The predicted molar refractivity (Wildman–Crippen MR) is 106 cm³/mol. The summed E-state index contributed by atoms with van der Waals surface area (Å²) in [6, 6.07) is 8.75. The standard InChI is InChI=1S/C20H27N3O4S/c1-15(2)23-14-16(13-22-23)20(24)21-10-8-17-12-19(9-11-27-17)28(25,26)18-6-4-3-5-7-18/h3-7,13-15,17,19H,8-12H2,1-2H3,(H,21,24)/t17-,19+/m1/s1. The van der Waals surface area contributed by atoms with Gasteiger partial charge in [-0.1, -0.05) is 18.2 Å². The molecule has 0 unspecified atom stereocenters. The minimum atomic E-state index is -3.36. The fourth-order valence-corrected chi connectivity index (χ4v) is 5.11. The fourth-order valence-electron chi connectivity index (χ4n) is 3.32. The largest absolute Gasteiger partial charge is 0.378 e. The Morgan fingerprint density at radius 2 is 2.07 bits per heavy atom. The molecule has 1 amide bonds. The molecule has 1 fully saturated rings.